The number of hydrogen-bond donors (Lipinski definition) is 2. The predicted octanol–water partition coefficient (Wildman–Crippen LogP) is 10.1. The highest BCUT2D eigenvalue weighted by molar-refractivity contribution is 5.51. The van der Waals surface area contributed by atoms with Gasteiger partial charge >= 0.3 is 0 Å². The Hall–Kier alpha value is -2.78. The van der Waals surface area contributed by atoms with E-state index in [0.29, 0.717) is 11.5 Å². The fourth-order valence-corrected chi connectivity index (χ4v) is 5.96. The van der Waals surface area contributed by atoms with Crippen molar-refractivity contribution >= 4 is 0 Å². The van der Waals surface area contributed by atoms with Crippen LogP contribution in [0.15, 0.2) is 42.5 Å². The van der Waals surface area contributed by atoms with Crippen LogP contribution in [0.25, 0.3) is 0 Å². The molecule has 3 rings (SSSR count). The third-order valence-electron chi connectivity index (χ3n) is 8.07. The Morgan fingerprint density at radius 2 is 0.667 bits per heavy atom. The highest BCUT2D eigenvalue weighted by Gasteiger charge is 2.29. The minimum absolute atomic E-state index is 0.182. The van der Waals surface area contributed by atoms with Crippen LogP contribution in [0.4, 0.5) is 0 Å². The molecular weight excluding hydrogens is 514 g/mol. The van der Waals surface area contributed by atoms with Gasteiger partial charge in [-0.1, -0.05) is 137 Å². The lowest BCUT2D eigenvalue weighted by Gasteiger charge is -2.31. The summed E-state index contributed by atoms with van der Waals surface area (Å²) in [6, 6.07) is 15.6. The Balaban J connectivity index is 2.19. The maximum absolute atomic E-state index is 11.4. The summed E-state index contributed by atoms with van der Waals surface area (Å²) in [5, 5.41) is 22.7. The van der Waals surface area contributed by atoms with Crippen molar-refractivity contribution in [3.05, 3.63) is 92.5 Å². The maximum Gasteiger partial charge on any atom is 0.123 e. The van der Waals surface area contributed by atoms with E-state index in [2.05, 4.69) is 144 Å². The van der Waals surface area contributed by atoms with Gasteiger partial charge in [0.2, 0.25) is 0 Å². The van der Waals surface area contributed by atoms with E-state index in [-0.39, 0.29) is 21.7 Å². The van der Waals surface area contributed by atoms with Crippen molar-refractivity contribution in [1.82, 2.24) is 4.90 Å². The SMILES string of the molecule is Cc1cc(C)cc(CN(Cc2cc(C(C)(C)C)c(O)c(C(C)(C)C)c2)Cc2cc(C(C)(C)C)c(O)c(C(C)(C)C)c2)c1. The monoisotopic (exact) mass is 571 g/mol. The topological polar surface area (TPSA) is 43.7 Å². The standard InChI is InChI=1S/C39H57NO2/c1-25-15-26(2)17-27(16-25)22-40(23-28-18-30(36(3,4)5)34(41)31(19-28)37(6,7)8)24-29-20-32(38(9,10)11)35(42)33(21-29)39(12,13)14/h15-21,41-42H,22-24H2,1-14H3. The molecule has 3 aromatic carbocycles. The van der Waals surface area contributed by atoms with Crippen LogP contribution < -0.4 is 0 Å². The Kier molecular flexibility index (Phi) is 9.41. The number of nitrogens with zero attached hydrogens (tertiary/aromatic N) is 1. The smallest absolute Gasteiger partial charge is 0.123 e. The van der Waals surface area contributed by atoms with E-state index in [1.54, 1.807) is 0 Å². The van der Waals surface area contributed by atoms with Crippen molar-refractivity contribution in [1.29, 1.82) is 0 Å². The lowest BCUT2D eigenvalue weighted by molar-refractivity contribution is 0.246. The summed E-state index contributed by atoms with van der Waals surface area (Å²) < 4.78 is 0. The van der Waals surface area contributed by atoms with Gasteiger partial charge in [-0.15, -0.1) is 0 Å². The largest absolute Gasteiger partial charge is 0.507 e. The number of benzene rings is 3. The van der Waals surface area contributed by atoms with E-state index in [9.17, 15) is 10.2 Å². The van der Waals surface area contributed by atoms with Crippen LogP contribution in [0.5, 0.6) is 11.5 Å². The van der Waals surface area contributed by atoms with Crippen LogP contribution in [0.3, 0.4) is 0 Å². The maximum atomic E-state index is 11.4. The summed E-state index contributed by atoms with van der Waals surface area (Å²) >= 11 is 0. The van der Waals surface area contributed by atoms with Crippen LogP contribution in [0.2, 0.25) is 0 Å². The summed E-state index contributed by atoms with van der Waals surface area (Å²) in [6.07, 6.45) is 0. The lowest BCUT2D eigenvalue weighted by atomic mass is 9.78. The summed E-state index contributed by atoms with van der Waals surface area (Å²) in [4.78, 5) is 2.50. The first kappa shape index (κ1) is 33.7. The van der Waals surface area contributed by atoms with Gasteiger partial charge in [-0.2, -0.15) is 0 Å². The van der Waals surface area contributed by atoms with Crippen molar-refractivity contribution in [2.75, 3.05) is 0 Å². The van der Waals surface area contributed by atoms with E-state index in [1.807, 2.05) is 0 Å². The molecule has 0 saturated heterocycles. The van der Waals surface area contributed by atoms with Crippen LogP contribution in [0, 0.1) is 13.8 Å². The molecule has 0 heterocycles. The average Bonchev–Trinajstić information content (AvgIpc) is 2.77. The van der Waals surface area contributed by atoms with Crippen molar-refractivity contribution in [3.63, 3.8) is 0 Å². The third-order valence-corrected chi connectivity index (χ3v) is 8.07. The molecule has 0 atom stereocenters. The molecule has 2 N–H and O–H groups in total. The molecule has 0 radical (unpaired) electrons. The molecule has 0 aliphatic heterocycles. The third kappa shape index (κ3) is 8.19. The summed E-state index contributed by atoms with van der Waals surface area (Å²) in [5.74, 6) is 0.838. The van der Waals surface area contributed by atoms with Gasteiger partial charge in [-0.05, 0) is 74.5 Å². The van der Waals surface area contributed by atoms with E-state index in [1.165, 1.54) is 27.8 Å². The normalized spacial score (nSPS) is 13.2. The first-order valence-electron chi connectivity index (χ1n) is 15.5. The van der Waals surface area contributed by atoms with Gasteiger partial charge in [0.25, 0.3) is 0 Å². The molecule has 0 bridgehead atoms. The molecule has 0 unspecified atom stereocenters. The highest BCUT2D eigenvalue weighted by atomic mass is 16.3. The van der Waals surface area contributed by atoms with E-state index in [4.69, 9.17) is 0 Å². The zero-order chi connectivity index (χ0) is 32.0. The minimum Gasteiger partial charge on any atom is -0.507 e. The number of aryl methyl sites for hydroxylation is 2. The van der Waals surface area contributed by atoms with Gasteiger partial charge in [-0.3, -0.25) is 4.90 Å². The number of aromatic hydroxyl groups is 2. The van der Waals surface area contributed by atoms with Crippen molar-refractivity contribution in [3.8, 4) is 11.5 Å². The number of phenols is 2. The zero-order valence-electron chi connectivity index (χ0n) is 29.0. The molecule has 42 heavy (non-hydrogen) atoms. The van der Waals surface area contributed by atoms with Gasteiger partial charge in [0.15, 0.2) is 0 Å². The van der Waals surface area contributed by atoms with E-state index >= 15 is 0 Å². The molecule has 3 aromatic rings. The quantitative estimate of drug-likeness (QED) is 0.309. The molecule has 3 nitrogen and oxygen atoms in total. The van der Waals surface area contributed by atoms with Crippen LogP contribution in [0.1, 0.15) is 133 Å². The summed E-state index contributed by atoms with van der Waals surface area (Å²) in [5.41, 5.74) is 9.49. The van der Waals surface area contributed by atoms with Crippen LogP contribution >= 0.6 is 0 Å². The second-order valence-corrected chi connectivity index (χ2v) is 16.7. The Morgan fingerprint density at radius 3 is 0.905 bits per heavy atom. The molecule has 0 amide bonds. The lowest BCUT2D eigenvalue weighted by Crippen LogP contribution is -2.25. The second kappa shape index (κ2) is 11.7. The fraction of sp³-hybridized carbons (Fsp3) is 0.538. The van der Waals surface area contributed by atoms with Crippen molar-refractivity contribution in [2.45, 2.75) is 138 Å². The molecule has 0 aromatic heterocycles. The summed E-state index contributed by atoms with van der Waals surface area (Å²) in [6.45, 7) is 32.7. The zero-order valence-corrected chi connectivity index (χ0v) is 29.0. The van der Waals surface area contributed by atoms with Crippen molar-refractivity contribution < 1.29 is 10.2 Å². The van der Waals surface area contributed by atoms with Gasteiger partial charge in [0.05, 0.1) is 0 Å². The molecular formula is C39H57NO2. The van der Waals surface area contributed by atoms with Gasteiger partial charge in [0.1, 0.15) is 11.5 Å². The van der Waals surface area contributed by atoms with E-state index in [0.717, 1.165) is 41.9 Å². The molecule has 0 spiro atoms. The van der Waals surface area contributed by atoms with Gasteiger partial charge in [-0.25, -0.2) is 0 Å². The Morgan fingerprint density at radius 1 is 0.429 bits per heavy atom. The van der Waals surface area contributed by atoms with Crippen molar-refractivity contribution in [2.24, 2.45) is 0 Å². The Labute approximate surface area is 257 Å². The molecule has 230 valence electrons. The first-order valence-corrected chi connectivity index (χ1v) is 15.5. The first-order chi connectivity index (χ1) is 19.0. The molecule has 3 heteroatoms. The van der Waals surface area contributed by atoms with Gasteiger partial charge < -0.3 is 10.2 Å². The molecule has 0 aliphatic rings. The molecule has 0 saturated carbocycles. The molecule has 0 fully saturated rings. The highest BCUT2D eigenvalue weighted by Crippen LogP contribution is 2.42. The number of rotatable bonds is 6. The van der Waals surface area contributed by atoms with Crippen LogP contribution in [-0.4, -0.2) is 15.1 Å². The fourth-order valence-electron chi connectivity index (χ4n) is 5.96. The van der Waals surface area contributed by atoms with Gasteiger partial charge in [0, 0.05) is 19.6 Å². The number of phenolic OH excluding ortho intramolecular Hbond substituents is 2. The predicted molar refractivity (Wildman–Crippen MR) is 180 cm³/mol. The molecule has 0 aliphatic carbocycles. The number of hydrogen-bond acceptors (Lipinski definition) is 3. The minimum atomic E-state index is -0.182. The van der Waals surface area contributed by atoms with Crippen LogP contribution in [-0.2, 0) is 41.3 Å². The second-order valence-electron chi connectivity index (χ2n) is 16.7. The summed E-state index contributed by atoms with van der Waals surface area (Å²) in [7, 11) is 0. The Bertz CT molecular complexity index is 1240. The average molecular weight is 572 g/mol. The van der Waals surface area contributed by atoms with E-state index < -0.39 is 0 Å².